The molecule has 2 aromatic carbocycles. The number of para-hydroxylation sites is 1. The number of hydrogen-bond donors (Lipinski definition) is 1. The highest BCUT2D eigenvalue weighted by Crippen LogP contribution is 2.30. The number of aryl methyl sites for hydroxylation is 1. The first kappa shape index (κ1) is 15.8. The van der Waals surface area contributed by atoms with Crippen LogP contribution in [0.5, 0.6) is 0 Å². The highest BCUT2D eigenvalue weighted by atomic mass is 19.2. The standard InChI is InChI=1S/C17H12F3N3O/c1-23-9-11(8-21-23)17(24)22-15-5-3-2-4-12(15)10-6-13(18)16(20)14(19)7-10/h2-9H,1H3,(H,22,24). The molecule has 0 aliphatic carbocycles. The monoisotopic (exact) mass is 331 g/mol. The molecule has 3 rings (SSSR count). The van der Waals surface area contributed by atoms with E-state index in [-0.39, 0.29) is 5.56 Å². The average Bonchev–Trinajstić information content (AvgIpc) is 2.99. The first-order chi connectivity index (χ1) is 11.5. The van der Waals surface area contributed by atoms with Crippen molar-refractivity contribution in [3.63, 3.8) is 0 Å². The maximum Gasteiger partial charge on any atom is 0.258 e. The summed E-state index contributed by atoms with van der Waals surface area (Å²) in [5, 5.41) is 6.57. The van der Waals surface area contributed by atoms with E-state index in [0.29, 0.717) is 16.8 Å². The summed E-state index contributed by atoms with van der Waals surface area (Å²) in [6, 6.07) is 8.24. The number of rotatable bonds is 3. The van der Waals surface area contributed by atoms with Gasteiger partial charge < -0.3 is 5.32 Å². The predicted molar refractivity (Wildman–Crippen MR) is 82.9 cm³/mol. The Labute approximate surface area is 135 Å². The lowest BCUT2D eigenvalue weighted by Gasteiger charge is -2.11. The van der Waals surface area contributed by atoms with Crippen LogP contribution in [0, 0.1) is 17.5 Å². The fourth-order valence-electron chi connectivity index (χ4n) is 2.29. The quantitative estimate of drug-likeness (QED) is 0.743. The van der Waals surface area contributed by atoms with Crippen LogP contribution in [0.1, 0.15) is 10.4 Å². The molecule has 122 valence electrons. The van der Waals surface area contributed by atoms with E-state index < -0.39 is 23.4 Å². The summed E-state index contributed by atoms with van der Waals surface area (Å²) in [7, 11) is 1.68. The second kappa shape index (κ2) is 6.19. The maximum atomic E-state index is 13.5. The van der Waals surface area contributed by atoms with Gasteiger partial charge in [-0.2, -0.15) is 5.10 Å². The van der Waals surface area contributed by atoms with Crippen LogP contribution >= 0.6 is 0 Å². The molecule has 7 heteroatoms. The minimum absolute atomic E-state index is 0.119. The molecule has 0 spiro atoms. The number of carbonyl (C=O) groups is 1. The molecule has 1 N–H and O–H groups in total. The smallest absolute Gasteiger partial charge is 0.258 e. The van der Waals surface area contributed by atoms with Crippen LogP contribution < -0.4 is 5.32 Å². The molecule has 0 atom stereocenters. The SMILES string of the molecule is Cn1cc(C(=O)Nc2ccccc2-c2cc(F)c(F)c(F)c2)cn1. The zero-order valence-corrected chi connectivity index (χ0v) is 12.6. The summed E-state index contributed by atoms with van der Waals surface area (Å²) in [5.74, 6) is -4.54. The maximum absolute atomic E-state index is 13.5. The van der Waals surface area contributed by atoms with E-state index in [1.165, 1.54) is 17.1 Å². The molecule has 0 saturated carbocycles. The molecule has 0 bridgehead atoms. The minimum atomic E-state index is -1.53. The molecule has 4 nitrogen and oxygen atoms in total. The summed E-state index contributed by atoms with van der Waals surface area (Å²) >= 11 is 0. The fraction of sp³-hybridized carbons (Fsp3) is 0.0588. The summed E-state index contributed by atoms with van der Waals surface area (Å²) in [6.07, 6.45) is 2.93. The number of aromatic nitrogens is 2. The number of halogens is 3. The Morgan fingerprint density at radius 2 is 1.79 bits per heavy atom. The zero-order chi connectivity index (χ0) is 17.3. The fourth-order valence-corrected chi connectivity index (χ4v) is 2.29. The highest BCUT2D eigenvalue weighted by Gasteiger charge is 2.15. The molecule has 1 amide bonds. The van der Waals surface area contributed by atoms with Crippen molar-refractivity contribution in [2.24, 2.45) is 7.05 Å². The van der Waals surface area contributed by atoms with Crippen LogP contribution in [-0.4, -0.2) is 15.7 Å². The van der Waals surface area contributed by atoms with Crippen LogP contribution in [0.25, 0.3) is 11.1 Å². The van der Waals surface area contributed by atoms with E-state index in [1.54, 1.807) is 31.3 Å². The largest absolute Gasteiger partial charge is 0.321 e. The van der Waals surface area contributed by atoms with Crippen molar-refractivity contribution in [2.45, 2.75) is 0 Å². The number of nitrogens with zero attached hydrogens (tertiary/aromatic N) is 2. The summed E-state index contributed by atoms with van der Waals surface area (Å²) < 4.78 is 41.6. The van der Waals surface area contributed by atoms with Crippen LogP contribution in [-0.2, 0) is 7.05 Å². The highest BCUT2D eigenvalue weighted by molar-refractivity contribution is 6.06. The third kappa shape index (κ3) is 3.01. The molecule has 3 aromatic rings. The van der Waals surface area contributed by atoms with Gasteiger partial charge in [0.2, 0.25) is 0 Å². The van der Waals surface area contributed by atoms with Gasteiger partial charge in [0.1, 0.15) is 0 Å². The lowest BCUT2D eigenvalue weighted by atomic mass is 10.0. The summed E-state index contributed by atoms with van der Waals surface area (Å²) in [5.41, 5.74) is 1.17. The average molecular weight is 331 g/mol. The second-order valence-corrected chi connectivity index (χ2v) is 5.16. The number of anilines is 1. The van der Waals surface area contributed by atoms with Crippen LogP contribution in [0.4, 0.5) is 18.9 Å². The Morgan fingerprint density at radius 3 is 2.42 bits per heavy atom. The van der Waals surface area contributed by atoms with Gasteiger partial charge in [0, 0.05) is 24.5 Å². The number of carbonyl (C=O) groups excluding carboxylic acids is 1. The Bertz CT molecular complexity index is 898. The van der Waals surface area contributed by atoms with E-state index in [0.717, 1.165) is 12.1 Å². The van der Waals surface area contributed by atoms with E-state index in [2.05, 4.69) is 10.4 Å². The number of benzene rings is 2. The van der Waals surface area contributed by atoms with E-state index >= 15 is 0 Å². The zero-order valence-electron chi connectivity index (χ0n) is 12.6. The predicted octanol–water partition coefficient (Wildman–Crippen LogP) is 3.76. The van der Waals surface area contributed by atoms with E-state index in [9.17, 15) is 18.0 Å². The molecule has 0 aliphatic heterocycles. The van der Waals surface area contributed by atoms with Gasteiger partial charge in [-0.05, 0) is 23.8 Å². The molecule has 24 heavy (non-hydrogen) atoms. The van der Waals surface area contributed by atoms with Gasteiger partial charge in [0.15, 0.2) is 17.5 Å². The van der Waals surface area contributed by atoms with Crippen molar-refractivity contribution < 1.29 is 18.0 Å². The van der Waals surface area contributed by atoms with Gasteiger partial charge >= 0.3 is 0 Å². The van der Waals surface area contributed by atoms with Crippen molar-refractivity contribution in [1.82, 2.24) is 9.78 Å². The molecule has 0 fully saturated rings. The lowest BCUT2D eigenvalue weighted by molar-refractivity contribution is 0.102. The van der Waals surface area contributed by atoms with Crippen molar-refractivity contribution >= 4 is 11.6 Å². The van der Waals surface area contributed by atoms with Gasteiger partial charge in [0.05, 0.1) is 11.8 Å². The molecule has 0 saturated heterocycles. The van der Waals surface area contributed by atoms with Gasteiger partial charge in [-0.1, -0.05) is 18.2 Å². The first-order valence-electron chi connectivity index (χ1n) is 6.99. The van der Waals surface area contributed by atoms with Gasteiger partial charge in [0.25, 0.3) is 5.91 Å². The first-order valence-corrected chi connectivity index (χ1v) is 6.99. The molecule has 0 radical (unpaired) electrons. The van der Waals surface area contributed by atoms with Crippen molar-refractivity contribution in [3.8, 4) is 11.1 Å². The van der Waals surface area contributed by atoms with Crippen molar-refractivity contribution in [2.75, 3.05) is 5.32 Å². The third-order valence-electron chi connectivity index (χ3n) is 3.44. The third-order valence-corrected chi connectivity index (χ3v) is 3.44. The minimum Gasteiger partial charge on any atom is -0.321 e. The molecule has 0 unspecified atom stereocenters. The normalized spacial score (nSPS) is 10.7. The van der Waals surface area contributed by atoms with Crippen LogP contribution in [0.15, 0.2) is 48.8 Å². The van der Waals surface area contributed by atoms with Gasteiger partial charge in [-0.3, -0.25) is 9.48 Å². The van der Waals surface area contributed by atoms with Crippen LogP contribution in [0.3, 0.4) is 0 Å². The van der Waals surface area contributed by atoms with Gasteiger partial charge in [-0.15, -0.1) is 0 Å². The van der Waals surface area contributed by atoms with Crippen LogP contribution in [0.2, 0.25) is 0 Å². The Balaban J connectivity index is 1.98. The molecular weight excluding hydrogens is 319 g/mol. The number of nitrogens with one attached hydrogen (secondary N) is 1. The van der Waals surface area contributed by atoms with E-state index in [4.69, 9.17) is 0 Å². The van der Waals surface area contributed by atoms with E-state index in [1.807, 2.05) is 0 Å². The molecule has 0 aliphatic rings. The second-order valence-electron chi connectivity index (χ2n) is 5.16. The Kier molecular flexibility index (Phi) is 4.07. The number of hydrogen-bond acceptors (Lipinski definition) is 2. The Morgan fingerprint density at radius 1 is 1.12 bits per heavy atom. The number of amides is 1. The Hall–Kier alpha value is -3.09. The van der Waals surface area contributed by atoms with Gasteiger partial charge in [-0.25, -0.2) is 13.2 Å². The van der Waals surface area contributed by atoms with Crippen molar-refractivity contribution in [1.29, 1.82) is 0 Å². The molecule has 1 aromatic heterocycles. The topological polar surface area (TPSA) is 46.9 Å². The molecular formula is C17H12F3N3O. The van der Waals surface area contributed by atoms with Crippen molar-refractivity contribution in [3.05, 3.63) is 71.8 Å². The summed E-state index contributed by atoms with van der Waals surface area (Å²) in [4.78, 5) is 12.2. The molecule has 1 heterocycles. The lowest BCUT2D eigenvalue weighted by Crippen LogP contribution is -2.12. The summed E-state index contributed by atoms with van der Waals surface area (Å²) in [6.45, 7) is 0.